The molecule has 0 radical (unpaired) electrons. The molecule has 0 saturated heterocycles. The zero-order valence-corrected chi connectivity index (χ0v) is 20.5. The monoisotopic (exact) mass is 495 g/mol. The van der Waals surface area contributed by atoms with Crippen LogP contribution in [0.4, 0.5) is 5.82 Å². The van der Waals surface area contributed by atoms with Gasteiger partial charge in [0.1, 0.15) is 16.5 Å². The van der Waals surface area contributed by atoms with E-state index in [0.29, 0.717) is 33.5 Å². The zero-order valence-electron chi connectivity index (χ0n) is 18.9. The van der Waals surface area contributed by atoms with Crippen molar-refractivity contribution >= 4 is 56.0 Å². The van der Waals surface area contributed by atoms with Crippen LogP contribution in [0.15, 0.2) is 34.2 Å². The lowest BCUT2D eigenvalue weighted by molar-refractivity contribution is -0.140. The maximum atomic E-state index is 13.1. The summed E-state index contributed by atoms with van der Waals surface area (Å²) in [5.41, 5.74) is 8.14. The number of esters is 1. The summed E-state index contributed by atoms with van der Waals surface area (Å²) in [4.78, 5) is 41.3. The molecule has 1 aromatic carbocycles. The first-order chi connectivity index (χ1) is 16.5. The number of thioether (sulfide) groups is 1. The molecular formula is C24H25N5O3S2. The van der Waals surface area contributed by atoms with Crippen molar-refractivity contribution in [3.05, 3.63) is 50.9 Å². The number of anilines is 1. The minimum Gasteiger partial charge on any atom is -0.469 e. The molecule has 10 heteroatoms. The number of carbonyl (C=O) groups excluding carboxylic acids is 1. The molecule has 1 aliphatic rings. The van der Waals surface area contributed by atoms with Crippen LogP contribution in [-0.2, 0) is 34.7 Å². The first kappa shape index (κ1) is 22.8. The second kappa shape index (κ2) is 9.71. The van der Waals surface area contributed by atoms with Crippen LogP contribution < -0.4 is 11.3 Å². The summed E-state index contributed by atoms with van der Waals surface area (Å²) in [6.45, 7) is 0.186. The fourth-order valence-electron chi connectivity index (χ4n) is 4.36. The molecule has 0 aliphatic heterocycles. The largest absolute Gasteiger partial charge is 0.469 e. The van der Waals surface area contributed by atoms with Crippen molar-refractivity contribution in [3.8, 4) is 0 Å². The summed E-state index contributed by atoms with van der Waals surface area (Å²) in [5, 5.41) is 2.03. The van der Waals surface area contributed by atoms with Crippen molar-refractivity contribution in [2.75, 3.05) is 12.8 Å². The molecule has 0 spiro atoms. The van der Waals surface area contributed by atoms with Crippen LogP contribution in [0.1, 0.15) is 41.9 Å². The number of ether oxygens (including phenoxy) is 1. The third-order valence-electron chi connectivity index (χ3n) is 6.06. The Labute approximate surface area is 204 Å². The smallest absolute Gasteiger partial charge is 0.307 e. The van der Waals surface area contributed by atoms with Gasteiger partial charge in [0.15, 0.2) is 5.16 Å². The van der Waals surface area contributed by atoms with Gasteiger partial charge >= 0.3 is 5.97 Å². The van der Waals surface area contributed by atoms with Gasteiger partial charge in [0.05, 0.1) is 35.6 Å². The highest BCUT2D eigenvalue weighted by molar-refractivity contribution is 7.98. The summed E-state index contributed by atoms with van der Waals surface area (Å²) in [6, 6.07) is 7.20. The van der Waals surface area contributed by atoms with E-state index in [9.17, 15) is 9.59 Å². The number of carbonyl (C=O) groups is 1. The molecule has 4 aromatic rings. The van der Waals surface area contributed by atoms with Crippen LogP contribution in [0.2, 0.25) is 0 Å². The topological polar surface area (TPSA) is 113 Å². The lowest BCUT2D eigenvalue weighted by atomic mass is 10.1. The molecule has 0 unspecified atom stereocenters. The molecule has 8 nitrogen and oxygen atoms in total. The molecule has 5 rings (SSSR count). The highest BCUT2D eigenvalue weighted by Gasteiger charge is 2.20. The van der Waals surface area contributed by atoms with Crippen molar-refractivity contribution in [3.63, 3.8) is 0 Å². The van der Waals surface area contributed by atoms with Crippen LogP contribution >= 0.6 is 23.1 Å². The average molecular weight is 496 g/mol. The Bertz CT molecular complexity index is 1450. The SMILES string of the molecule is COC(=O)CCn1c(SCc2nc(N)c3c4c(sc3n2)CCCCC4)nc2ccccc2c1=O. The summed E-state index contributed by atoms with van der Waals surface area (Å²) in [6.07, 6.45) is 5.81. The van der Waals surface area contributed by atoms with Crippen molar-refractivity contribution in [1.29, 1.82) is 0 Å². The van der Waals surface area contributed by atoms with E-state index in [4.69, 9.17) is 20.4 Å². The Kier molecular flexibility index (Phi) is 6.51. The molecule has 0 amide bonds. The number of nitrogens with zero attached hydrogens (tertiary/aromatic N) is 4. The van der Waals surface area contributed by atoms with E-state index in [0.717, 1.165) is 23.1 Å². The predicted molar refractivity (Wildman–Crippen MR) is 135 cm³/mol. The van der Waals surface area contributed by atoms with Gasteiger partial charge in [0.25, 0.3) is 5.56 Å². The first-order valence-corrected chi connectivity index (χ1v) is 13.1. The van der Waals surface area contributed by atoms with Crippen LogP contribution in [0.5, 0.6) is 0 Å². The summed E-state index contributed by atoms with van der Waals surface area (Å²) < 4.78 is 6.28. The summed E-state index contributed by atoms with van der Waals surface area (Å²) >= 11 is 3.09. The van der Waals surface area contributed by atoms with E-state index in [1.165, 1.54) is 53.1 Å². The molecule has 0 saturated carbocycles. The maximum Gasteiger partial charge on any atom is 0.307 e. The molecular weight excluding hydrogens is 470 g/mol. The van der Waals surface area contributed by atoms with Crippen LogP contribution in [-0.4, -0.2) is 32.6 Å². The third-order valence-corrected chi connectivity index (χ3v) is 8.22. The third kappa shape index (κ3) is 4.39. The molecule has 3 aromatic heterocycles. The Morgan fingerprint density at radius 3 is 2.85 bits per heavy atom. The standard InChI is InChI=1S/C24H25N5O3S2/c1-32-19(30)11-12-29-23(31)14-7-5-6-9-16(14)26-24(29)33-13-18-27-21(25)20-15-8-3-2-4-10-17(15)34-22(20)28-18/h5-7,9H,2-4,8,10-13H2,1H3,(H2,25,27,28). The van der Waals surface area contributed by atoms with Gasteiger partial charge < -0.3 is 10.5 Å². The number of aromatic nitrogens is 4. The summed E-state index contributed by atoms with van der Waals surface area (Å²) in [7, 11) is 1.33. The number of hydrogen-bond donors (Lipinski definition) is 1. The second-order valence-corrected chi connectivity index (χ2v) is 10.3. The number of fused-ring (bicyclic) bond motifs is 4. The molecule has 0 bridgehead atoms. The van der Waals surface area contributed by atoms with Gasteiger partial charge in [-0.3, -0.25) is 14.2 Å². The molecule has 2 N–H and O–H groups in total. The quantitative estimate of drug-likeness (QED) is 0.184. The van der Waals surface area contributed by atoms with Gasteiger partial charge in [-0.05, 0) is 43.4 Å². The number of nitrogens with two attached hydrogens (primary N) is 1. The van der Waals surface area contributed by atoms with E-state index in [1.807, 2.05) is 12.1 Å². The molecule has 0 fully saturated rings. The van der Waals surface area contributed by atoms with E-state index >= 15 is 0 Å². The highest BCUT2D eigenvalue weighted by atomic mass is 32.2. The Hall–Kier alpha value is -2.98. The number of thiophene rings is 1. The zero-order chi connectivity index (χ0) is 23.7. The fraction of sp³-hybridized carbons (Fsp3) is 0.375. The summed E-state index contributed by atoms with van der Waals surface area (Å²) in [5.74, 6) is 1.16. The molecule has 1 aliphatic carbocycles. The van der Waals surface area contributed by atoms with Crippen LogP contribution in [0, 0.1) is 0 Å². The number of benzene rings is 1. The van der Waals surface area contributed by atoms with Gasteiger partial charge in [-0.2, -0.15) is 0 Å². The van der Waals surface area contributed by atoms with Crippen LogP contribution in [0.3, 0.4) is 0 Å². The number of aryl methyl sites for hydroxylation is 2. The molecule has 3 heterocycles. The number of rotatable bonds is 6. The van der Waals surface area contributed by atoms with Gasteiger partial charge in [-0.15, -0.1) is 11.3 Å². The van der Waals surface area contributed by atoms with Crippen molar-refractivity contribution in [2.45, 2.75) is 56.0 Å². The lowest BCUT2D eigenvalue weighted by Gasteiger charge is -2.12. The van der Waals surface area contributed by atoms with Crippen molar-refractivity contribution in [2.24, 2.45) is 0 Å². The Morgan fingerprint density at radius 1 is 1.18 bits per heavy atom. The van der Waals surface area contributed by atoms with Gasteiger partial charge in [0.2, 0.25) is 0 Å². The van der Waals surface area contributed by atoms with E-state index in [2.05, 4.69) is 4.98 Å². The molecule has 34 heavy (non-hydrogen) atoms. The Morgan fingerprint density at radius 2 is 2.00 bits per heavy atom. The molecule has 0 atom stereocenters. The number of hydrogen-bond acceptors (Lipinski definition) is 9. The second-order valence-electron chi connectivity index (χ2n) is 8.25. The van der Waals surface area contributed by atoms with E-state index < -0.39 is 0 Å². The average Bonchev–Trinajstić information content (AvgIpc) is 3.03. The number of para-hydroxylation sites is 1. The number of methoxy groups -OCH3 is 1. The van der Waals surface area contributed by atoms with E-state index in [1.54, 1.807) is 23.5 Å². The normalized spacial score (nSPS) is 13.7. The Balaban J connectivity index is 1.47. The number of nitrogen functional groups attached to an aromatic ring is 1. The minimum absolute atomic E-state index is 0.0835. The van der Waals surface area contributed by atoms with Crippen LogP contribution in [0.25, 0.3) is 21.1 Å². The lowest BCUT2D eigenvalue weighted by Crippen LogP contribution is -2.25. The van der Waals surface area contributed by atoms with Crippen molar-refractivity contribution < 1.29 is 9.53 Å². The highest BCUT2D eigenvalue weighted by Crippen LogP contribution is 2.37. The minimum atomic E-state index is -0.380. The van der Waals surface area contributed by atoms with Gasteiger partial charge in [-0.1, -0.05) is 30.3 Å². The van der Waals surface area contributed by atoms with Gasteiger partial charge in [-0.25, -0.2) is 15.0 Å². The van der Waals surface area contributed by atoms with E-state index in [-0.39, 0.29) is 24.5 Å². The fourth-order valence-corrected chi connectivity index (χ4v) is 6.53. The first-order valence-electron chi connectivity index (χ1n) is 11.3. The molecule has 176 valence electrons. The van der Waals surface area contributed by atoms with Gasteiger partial charge in [0, 0.05) is 11.4 Å². The predicted octanol–water partition coefficient (Wildman–Crippen LogP) is 4.11. The van der Waals surface area contributed by atoms with Crippen molar-refractivity contribution in [1.82, 2.24) is 19.5 Å². The maximum absolute atomic E-state index is 13.1.